The largest absolute Gasteiger partial charge is 0.396 e. The Morgan fingerprint density at radius 1 is 1.47 bits per heavy atom. The highest BCUT2D eigenvalue weighted by Gasteiger charge is 2.08. The van der Waals surface area contributed by atoms with E-state index in [0.717, 1.165) is 18.9 Å². The van der Waals surface area contributed by atoms with E-state index in [1.807, 2.05) is 26.0 Å². The zero-order chi connectivity index (χ0) is 12.7. The van der Waals surface area contributed by atoms with Crippen molar-refractivity contribution in [3.8, 4) is 6.07 Å². The molecule has 0 atom stereocenters. The van der Waals surface area contributed by atoms with Crippen molar-refractivity contribution in [3.05, 3.63) is 17.8 Å². The van der Waals surface area contributed by atoms with Crippen molar-refractivity contribution in [1.82, 2.24) is 4.98 Å². The van der Waals surface area contributed by atoms with Gasteiger partial charge in [-0.15, -0.1) is 0 Å². The van der Waals surface area contributed by atoms with E-state index in [1.54, 1.807) is 6.07 Å². The molecular formula is C12H18N4O. The predicted molar refractivity (Wildman–Crippen MR) is 67.7 cm³/mol. The lowest BCUT2D eigenvalue weighted by Crippen LogP contribution is -2.28. The van der Waals surface area contributed by atoms with Gasteiger partial charge >= 0.3 is 0 Å². The fourth-order valence-electron chi connectivity index (χ4n) is 1.48. The van der Waals surface area contributed by atoms with Crippen LogP contribution in [0.2, 0.25) is 0 Å². The number of ether oxygens (including phenoxy) is 1. The fraction of sp³-hybridized carbons (Fsp3) is 0.500. The lowest BCUT2D eigenvalue weighted by molar-refractivity contribution is 0.154. The summed E-state index contributed by atoms with van der Waals surface area (Å²) in [5.74, 6) is 0.762. The Morgan fingerprint density at radius 3 is 2.82 bits per heavy atom. The van der Waals surface area contributed by atoms with Crippen LogP contribution in [0.3, 0.4) is 0 Å². The number of likely N-dealkylation sites (N-methyl/N-ethyl adjacent to an activating group) is 1. The molecule has 0 amide bonds. The van der Waals surface area contributed by atoms with Gasteiger partial charge in [0.05, 0.1) is 12.3 Å². The summed E-state index contributed by atoms with van der Waals surface area (Å²) in [6.45, 7) is 6.93. The first-order chi connectivity index (χ1) is 8.22. The first kappa shape index (κ1) is 13.3. The topological polar surface area (TPSA) is 75.2 Å². The van der Waals surface area contributed by atoms with Crippen molar-refractivity contribution >= 4 is 11.5 Å². The number of hydrogen-bond acceptors (Lipinski definition) is 5. The summed E-state index contributed by atoms with van der Waals surface area (Å²) in [5, 5.41) is 8.88. The normalized spacial score (nSPS) is 9.94. The van der Waals surface area contributed by atoms with Gasteiger partial charge in [0, 0.05) is 19.7 Å². The summed E-state index contributed by atoms with van der Waals surface area (Å²) in [6, 6.07) is 5.53. The number of rotatable bonds is 6. The Bertz CT molecular complexity index is 400. The van der Waals surface area contributed by atoms with Gasteiger partial charge in [0.2, 0.25) is 0 Å². The fourth-order valence-corrected chi connectivity index (χ4v) is 1.48. The van der Waals surface area contributed by atoms with E-state index in [4.69, 9.17) is 15.7 Å². The molecule has 0 unspecified atom stereocenters. The number of nitrogens with two attached hydrogens (primary N) is 1. The van der Waals surface area contributed by atoms with E-state index in [0.29, 0.717) is 18.9 Å². The maximum atomic E-state index is 8.88. The quantitative estimate of drug-likeness (QED) is 0.753. The van der Waals surface area contributed by atoms with E-state index in [9.17, 15) is 0 Å². The number of anilines is 2. The van der Waals surface area contributed by atoms with Gasteiger partial charge in [-0.2, -0.15) is 5.26 Å². The molecule has 5 nitrogen and oxygen atoms in total. The second kappa shape index (κ2) is 6.71. The zero-order valence-corrected chi connectivity index (χ0v) is 10.3. The van der Waals surface area contributed by atoms with Gasteiger partial charge in [-0.05, 0) is 26.0 Å². The SMILES string of the molecule is CCOCCN(CC)c1ccc(N)c(C#N)n1. The molecular weight excluding hydrogens is 216 g/mol. The number of nitrogen functional groups attached to an aromatic ring is 1. The van der Waals surface area contributed by atoms with Crippen LogP contribution >= 0.6 is 0 Å². The molecule has 0 aliphatic heterocycles. The highest BCUT2D eigenvalue weighted by molar-refractivity contribution is 5.55. The maximum Gasteiger partial charge on any atom is 0.165 e. The average Bonchev–Trinajstić information content (AvgIpc) is 2.36. The molecule has 92 valence electrons. The molecule has 0 aliphatic carbocycles. The number of nitrogens with zero attached hydrogens (tertiary/aromatic N) is 3. The maximum absolute atomic E-state index is 8.88. The molecule has 0 aromatic carbocycles. The summed E-state index contributed by atoms with van der Waals surface area (Å²) in [4.78, 5) is 6.28. The number of aromatic nitrogens is 1. The van der Waals surface area contributed by atoms with E-state index in [1.165, 1.54) is 0 Å². The molecule has 17 heavy (non-hydrogen) atoms. The van der Waals surface area contributed by atoms with Gasteiger partial charge in [-0.25, -0.2) is 4.98 Å². The lowest BCUT2D eigenvalue weighted by atomic mass is 10.3. The van der Waals surface area contributed by atoms with Crippen molar-refractivity contribution in [3.63, 3.8) is 0 Å². The molecule has 5 heteroatoms. The van der Waals surface area contributed by atoms with Gasteiger partial charge in [-0.1, -0.05) is 0 Å². The standard InChI is InChI=1S/C12H18N4O/c1-3-16(7-8-17-4-2)12-6-5-10(14)11(9-13)15-12/h5-6H,3-4,7-8,14H2,1-2H3. The Labute approximate surface area is 102 Å². The van der Waals surface area contributed by atoms with E-state index in [-0.39, 0.29) is 5.69 Å². The Hall–Kier alpha value is -1.80. The Kier molecular flexibility index (Phi) is 5.24. The molecule has 1 aromatic heterocycles. The number of pyridine rings is 1. The van der Waals surface area contributed by atoms with Gasteiger partial charge < -0.3 is 15.4 Å². The van der Waals surface area contributed by atoms with Crippen LogP contribution in [-0.2, 0) is 4.74 Å². The molecule has 0 saturated carbocycles. The molecule has 1 rings (SSSR count). The minimum absolute atomic E-state index is 0.275. The van der Waals surface area contributed by atoms with Crippen molar-refractivity contribution in [2.45, 2.75) is 13.8 Å². The first-order valence-corrected chi connectivity index (χ1v) is 5.72. The molecule has 0 bridgehead atoms. The van der Waals surface area contributed by atoms with Crippen molar-refractivity contribution < 1.29 is 4.74 Å². The van der Waals surface area contributed by atoms with Crippen LogP contribution in [0.25, 0.3) is 0 Å². The van der Waals surface area contributed by atoms with Crippen LogP contribution in [0.4, 0.5) is 11.5 Å². The van der Waals surface area contributed by atoms with Gasteiger partial charge in [-0.3, -0.25) is 0 Å². The third kappa shape index (κ3) is 3.61. The van der Waals surface area contributed by atoms with Crippen LogP contribution in [-0.4, -0.2) is 31.3 Å². The second-order valence-corrected chi connectivity index (χ2v) is 3.50. The van der Waals surface area contributed by atoms with Gasteiger partial charge in [0.15, 0.2) is 5.69 Å². The van der Waals surface area contributed by atoms with E-state index in [2.05, 4.69) is 9.88 Å². The highest BCUT2D eigenvalue weighted by atomic mass is 16.5. The van der Waals surface area contributed by atoms with Crippen LogP contribution in [0.1, 0.15) is 19.5 Å². The van der Waals surface area contributed by atoms with Gasteiger partial charge in [0.25, 0.3) is 0 Å². The Balaban J connectivity index is 2.78. The summed E-state index contributed by atoms with van der Waals surface area (Å²) in [7, 11) is 0. The smallest absolute Gasteiger partial charge is 0.165 e. The lowest BCUT2D eigenvalue weighted by Gasteiger charge is -2.22. The minimum Gasteiger partial charge on any atom is -0.396 e. The van der Waals surface area contributed by atoms with Crippen molar-refractivity contribution in [2.75, 3.05) is 36.9 Å². The predicted octanol–water partition coefficient (Wildman–Crippen LogP) is 1.40. The summed E-state index contributed by atoms with van der Waals surface area (Å²) in [5.41, 5.74) is 6.32. The third-order valence-corrected chi connectivity index (χ3v) is 2.43. The molecule has 2 N–H and O–H groups in total. The first-order valence-electron chi connectivity index (χ1n) is 5.72. The summed E-state index contributed by atoms with van der Waals surface area (Å²) in [6.07, 6.45) is 0. The zero-order valence-electron chi connectivity index (χ0n) is 10.3. The second-order valence-electron chi connectivity index (χ2n) is 3.50. The minimum atomic E-state index is 0.275. The van der Waals surface area contributed by atoms with Gasteiger partial charge in [0.1, 0.15) is 11.9 Å². The van der Waals surface area contributed by atoms with Crippen LogP contribution in [0, 0.1) is 11.3 Å². The molecule has 1 heterocycles. The Morgan fingerprint density at radius 2 is 2.24 bits per heavy atom. The molecule has 0 radical (unpaired) electrons. The van der Waals surface area contributed by atoms with Crippen LogP contribution < -0.4 is 10.6 Å². The van der Waals surface area contributed by atoms with E-state index >= 15 is 0 Å². The summed E-state index contributed by atoms with van der Waals surface area (Å²) < 4.78 is 5.31. The average molecular weight is 234 g/mol. The van der Waals surface area contributed by atoms with E-state index < -0.39 is 0 Å². The summed E-state index contributed by atoms with van der Waals surface area (Å²) >= 11 is 0. The van der Waals surface area contributed by atoms with Crippen LogP contribution in [0.5, 0.6) is 0 Å². The molecule has 0 fully saturated rings. The van der Waals surface area contributed by atoms with Crippen LogP contribution in [0.15, 0.2) is 12.1 Å². The monoisotopic (exact) mass is 234 g/mol. The highest BCUT2D eigenvalue weighted by Crippen LogP contribution is 2.15. The number of nitriles is 1. The third-order valence-electron chi connectivity index (χ3n) is 2.43. The number of hydrogen-bond donors (Lipinski definition) is 1. The van der Waals surface area contributed by atoms with Crippen molar-refractivity contribution in [1.29, 1.82) is 5.26 Å². The van der Waals surface area contributed by atoms with Crippen molar-refractivity contribution in [2.24, 2.45) is 0 Å². The molecule has 0 aliphatic rings. The molecule has 1 aromatic rings. The molecule has 0 saturated heterocycles. The molecule has 0 spiro atoms.